The van der Waals surface area contributed by atoms with Crippen LogP contribution in [0.15, 0.2) is 59.3 Å². The van der Waals surface area contributed by atoms with Crippen LogP contribution in [0, 0.1) is 6.92 Å². The standard InChI is InChI=1S/C35H39F6N5O3/c1-23-31(22-42-49-23)33(48)45-10-7-28(8-11-45)43-13-15-44(16-14-43)29-9-12-46(30(21-29)17-24-5-3-2-4-6-24)32(47)25-18-26(34(36,37)38)20-27(19-25)35(39,40)41/h2-6,18-20,22,28-30H,7-17,21H2,1H3. The van der Waals surface area contributed by atoms with Gasteiger partial charge in [-0.1, -0.05) is 35.5 Å². The number of nitrogens with zero attached hydrogens (tertiary/aromatic N) is 5. The predicted molar refractivity (Wildman–Crippen MR) is 168 cm³/mol. The molecule has 264 valence electrons. The van der Waals surface area contributed by atoms with Crippen LogP contribution in [0.1, 0.15) is 68.8 Å². The van der Waals surface area contributed by atoms with E-state index >= 15 is 0 Å². The Morgan fingerprint density at radius 3 is 1.90 bits per heavy atom. The van der Waals surface area contributed by atoms with Crippen LogP contribution in [0.2, 0.25) is 0 Å². The Labute approximate surface area is 280 Å². The number of piperazine rings is 1. The van der Waals surface area contributed by atoms with Gasteiger partial charge in [0.25, 0.3) is 11.8 Å². The van der Waals surface area contributed by atoms with Crippen LogP contribution in [-0.2, 0) is 18.8 Å². The van der Waals surface area contributed by atoms with Gasteiger partial charge in [-0.25, -0.2) is 0 Å². The zero-order chi connectivity index (χ0) is 34.9. The van der Waals surface area contributed by atoms with Crippen molar-refractivity contribution in [1.29, 1.82) is 0 Å². The molecule has 0 spiro atoms. The number of alkyl halides is 6. The molecule has 0 bridgehead atoms. The second kappa shape index (κ2) is 14.1. The second-order valence-corrected chi connectivity index (χ2v) is 13.2. The van der Waals surface area contributed by atoms with Crippen molar-refractivity contribution in [3.8, 4) is 0 Å². The van der Waals surface area contributed by atoms with Gasteiger partial charge in [0.2, 0.25) is 0 Å². The monoisotopic (exact) mass is 691 g/mol. The molecule has 2 unspecified atom stereocenters. The molecule has 0 N–H and O–H groups in total. The first-order valence-corrected chi connectivity index (χ1v) is 16.6. The molecule has 8 nitrogen and oxygen atoms in total. The third-order valence-electron chi connectivity index (χ3n) is 10.2. The van der Waals surface area contributed by atoms with Crippen molar-refractivity contribution in [3.63, 3.8) is 0 Å². The highest BCUT2D eigenvalue weighted by atomic mass is 19.4. The highest BCUT2D eigenvalue weighted by molar-refractivity contribution is 5.95. The maximum absolute atomic E-state index is 13.7. The Balaban J connectivity index is 1.11. The van der Waals surface area contributed by atoms with Gasteiger partial charge in [0, 0.05) is 69.5 Å². The van der Waals surface area contributed by atoms with Crippen LogP contribution in [0.3, 0.4) is 0 Å². The highest BCUT2D eigenvalue weighted by Crippen LogP contribution is 2.37. The fourth-order valence-corrected chi connectivity index (χ4v) is 7.53. The van der Waals surface area contributed by atoms with Crippen LogP contribution in [0.5, 0.6) is 0 Å². The van der Waals surface area contributed by atoms with Crippen LogP contribution in [-0.4, -0.2) is 101 Å². The number of likely N-dealkylation sites (tertiary alicyclic amines) is 2. The van der Waals surface area contributed by atoms with Crippen molar-refractivity contribution in [1.82, 2.24) is 24.8 Å². The van der Waals surface area contributed by atoms with Gasteiger partial charge in [0.15, 0.2) is 0 Å². The molecule has 2 amide bonds. The number of hydrogen-bond donors (Lipinski definition) is 0. The molecule has 1 aromatic heterocycles. The van der Waals surface area contributed by atoms with Crippen molar-refractivity contribution in [2.45, 2.75) is 69.5 Å². The molecule has 4 heterocycles. The van der Waals surface area contributed by atoms with E-state index in [4.69, 9.17) is 4.52 Å². The molecule has 6 rings (SSSR count). The van der Waals surface area contributed by atoms with E-state index in [0.29, 0.717) is 61.9 Å². The molecule has 49 heavy (non-hydrogen) atoms. The molecule has 14 heteroatoms. The number of carbonyl (C=O) groups is 2. The minimum Gasteiger partial charge on any atom is -0.361 e. The van der Waals surface area contributed by atoms with Crippen molar-refractivity contribution in [3.05, 3.63) is 88.3 Å². The Hall–Kier alpha value is -3.91. The topological polar surface area (TPSA) is 73.1 Å². The Morgan fingerprint density at radius 2 is 1.35 bits per heavy atom. The number of piperidine rings is 2. The summed E-state index contributed by atoms with van der Waals surface area (Å²) in [6, 6.07) is 10.5. The van der Waals surface area contributed by atoms with Crippen LogP contribution in [0.25, 0.3) is 0 Å². The van der Waals surface area contributed by atoms with Crippen LogP contribution >= 0.6 is 0 Å². The van der Waals surface area contributed by atoms with Crippen molar-refractivity contribution < 1.29 is 40.5 Å². The fraction of sp³-hybridized carbons (Fsp3) is 0.514. The van der Waals surface area contributed by atoms with E-state index in [2.05, 4.69) is 15.0 Å². The maximum Gasteiger partial charge on any atom is 0.416 e. The zero-order valence-corrected chi connectivity index (χ0v) is 27.1. The summed E-state index contributed by atoms with van der Waals surface area (Å²) < 4.78 is 86.7. The van der Waals surface area contributed by atoms with E-state index < -0.39 is 41.0 Å². The second-order valence-electron chi connectivity index (χ2n) is 13.2. The lowest BCUT2D eigenvalue weighted by Crippen LogP contribution is -2.58. The summed E-state index contributed by atoms with van der Waals surface area (Å²) in [6.07, 6.45) is -5.36. The summed E-state index contributed by atoms with van der Waals surface area (Å²) in [5.74, 6) is -0.383. The number of rotatable bonds is 6. The van der Waals surface area contributed by atoms with Gasteiger partial charge in [-0.05, 0) is 62.8 Å². The van der Waals surface area contributed by atoms with Gasteiger partial charge in [0.05, 0.1) is 17.3 Å². The third-order valence-corrected chi connectivity index (χ3v) is 10.2. The lowest BCUT2D eigenvalue weighted by molar-refractivity contribution is -0.143. The molecular formula is C35H39F6N5O3. The molecule has 3 aliphatic heterocycles. The lowest BCUT2D eigenvalue weighted by Gasteiger charge is -2.48. The largest absolute Gasteiger partial charge is 0.416 e. The molecule has 2 atom stereocenters. The number of aryl methyl sites for hydroxylation is 1. The van der Waals surface area contributed by atoms with Gasteiger partial charge in [0.1, 0.15) is 11.3 Å². The van der Waals surface area contributed by atoms with Gasteiger partial charge >= 0.3 is 12.4 Å². The van der Waals surface area contributed by atoms with Gasteiger partial charge in [-0.3, -0.25) is 19.4 Å². The van der Waals surface area contributed by atoms with Crippen LogP contribution < -0.4 is 0 Å². The summed E-state index contributed by atoms with van der Waals surface area (Å²) in [7, 11) is 0. The fourth-order valence-electron chi connectivity index (χ4n) is 7.53. The molecule has 0 saturated carbocycles. The van der Waals surface area contributed by atoms with Crippen LogP contribution in [0.4, 0.5) is 26.3 Å². The summed E-state index contributed by atoms with van der Waals surface area (Å²) in [6.45, 7) is 6.54. The van der Waals surface area contributed by atoms with Gasteiger partial charge in [-0.15, -0.1) is 0 Å². The first kappa shape index (κ1) is 34.9. The Morgan fingerprint density at radius 1 is 0.776 bits per heavy atom. The molecule has 3 saturated heterocycles. The number of aromatic nitrogens is 1. The maximum atomic E-state index is 13.7. The first-order valence-electron chi connectivity index (χ1n) is 16.6. The van der Waals surface area contributed by atoms with E-state index in [-0.39, 0.29) is 24.6 Å². The minimum absolute atomic E-state index is 0.0484. The van der Waals surface area contributed by atoms with Crippen molar-refractivity contribution >= 4 is 11.8 Å². The summed E-state index contributed by atoms with van der Waals surface area (Å²) in [4.78, 5) is 34.8. The van der Waals surface area contributed by atoms with Gasteiger partial charge < -0.3 is 14.3 Å². The normalized spacial score (nSPS) is 22.0. The number of hydrogen-bond acceptors (Lipinski definition) is 6. The highest BCUT2D eigenvalue weighted by Gasteiger charge is 2.41. The van der Waals surface area contributed by atoms with E-state index in [1.165, 1.54) is 11.1 Å². The average Bonchev–Trinajstić information content (AvgIpc) is 3.53. The SMILES string of the molecule is Cc1oncc1C(=O)N1CCC(N2CCN(C3CCN(C(=O)c4cc(C(F)(F)F)cc(C(F)(F)F)c4)C(Cc4ccccc4)C3)CC2)CC1. The summed E-state index contributed by atoms with van der Waals surface area (Å²) >= 11 is 0. The van der Waals surface area contributed by atoms with E-state index in [0.717, 1.165) is 44.6 Å². The number of benzene rings is 2. The van der Waals surface area contributed by atoms with Gasteiger partial charge in [-0.2, -0.15) is 26.3 Å². The molecule has 2 aromatic carbocycles. The van der Waals surface area contributed by atoms with E-state index in [1.807, 2.05) is 35.2 Å². The number of amides is 2. The van der Waals surface area contributed by atoms with E-state index in [1.54, 1.807) is 6.92 Å². The molecular weight excluding hydrogens is 652 g/mol. The van der Waals surface area contributed by atoms with E-state index in [9.17, 15) is 35.9 Å². The number of carbonyl (C=O) groups excluding carboxylic acids is 2. The Bertz CT molecular complexity index is 1580. The molecule has 3 fully saturated rings. The predicted octanol–water partition coefficient (Wildman–Crippen LogP) is 6.16. The lowest BCUT2D eigenvalue weighted by atomic mass is 9.90. The molecule has 0 radical (unpaired) electrons. The molecule has 3 aromatic rings. The summed E-state index contributed by atoms with van der Waals surface area (Å²) in [5, 5.41) is 3.72. The minimum atomic E-state index is -5.04. The molecule has 3 aliphatic rings. The first-order chi connectivity index (χ1) is 23.3. The van der Waals surface area contributed by atoms with Crippen molar-refractivity contribution in [2.75, 3.05) is 45.8 Å². The smallest absolute Gasteiger partial charge is 0.361 e. The average molecular weight is 692 g/mol. The molecule has 0 aliphatic carbocycles. The Kier molecular flexibility index (Phi) is 10.1. The quantitative estimate of drug-likeness (QED) is 0.289. The number of halogens is 6. The zero-order valence-electron chi connectivity index (χ0n) is 27.1. The van der Waals surface area contributed by atoms with Crippen molar-refractivity contribution in [2.24, 2.45) is 0 Å². The summed E-state index contributed by atoms with van der Waals surface area (Å²) in [5.41, 5.74) is -2.19. The third kappa shape index (κ3) is 7.95.